The summed E-state index contributed by atoms with van der Waals surface area (Å²) in [5, 5.41) is 17.3. The van der Waals surface area contributed by atoms with Crippen molar-refractivity contribution in [2.75, 3.05) is 0 Å². The summed E-state index contributed by atoms with van der Waals surface area (Å²) in [4.78, 5) is 12.3. The molecule has 0 bridgehead atoms. The van der Waals surface area contributed by atoms with Gasteiger partial charge in [0.15, 0.2) is 0 Å². The second-order valence-corrected chi connectivity index (χ2v) is 10.1. The minimum absolute atomic E-state index is 0.437. The molecule has 180 valence electrons. The van der Waals surface area contributed by atoms with E-state index in [2.05, 4.69) is 61.5 Å². The third-order valence-electron chi connectivity index (χ3n) is 7.58. The maximum atomic E-state index is 12.3. The molecular formula is C32H40O2. The number of unbranched alkanes of at least 4 members (excludes halogenated alkanes) is 11. The van der Waals surface area contributed by atoms with Crippen molar-refractivity contribution < 1.29 is 9.90 Å². The Bertz CT molecular complexity index is 1180. The van der Waals surface area contributed by atoms with E-state index in [4.69, 9.17) is 0 Å². The van der Waals surface area contributed by atoms with Crippen molar-refractivity contribution in [3.05, 3.63) is 60.2 Å². The lowest BCUT2D eigenvalue weighted by molar-refractivity contribution is -0.139. The summed E-state index contributed by atoms with van der Waals surface area (Å²) in [5.74, 6) is -1.13. The van der Waals surface area contributed by atoms with Gasteiger partial charge < -0.3 is 5.11 Å². The number of hydrogen-bond acceptors (Lipinski definition) is 1. The predicted molar refractivity (Wildman–Crippen MR) is 146 cm³/mol. The fraction of sp³-hybridized carbons (Fsp3) is 0.469. The molecule has 0 radical (unpaired) electrons. The van der Waals surface area contributed by atoms with Crippen molar-refractivity contribution in [1.29, 1.82) is 0 Å². The first-order valence-electron chi connectivity index (χ1n) is 13.6. The summed E-state index contributed by atoms with van der Waals surface area (Å²) in [5.41, 5.74) is 0.973. The molecule has 1 unspecified atom stereocenters. The number of carboxylic acid groups (broad SMARTS) is 1. The molecule has 0 saturated carbocycles. The Morgan fingerprint density at radius 1 is 0.647 bits per heavy atom. The summed E-state index contributed by atoms with van der Waals surface area (Å²) in [6.45, 7) is 2.27. The van der Waals surface area contributed by atoms with Crippen LogP contribution >= 0.6 is 0 Å². The minimum Gasteiger partial charge on any atom is -0.481 e. The van der Waals surface area contributed by atoms with Gasteiger partial charge in [-0.25, -0.2) is 0 Å². The molecule has 4 aromatic rings. The Balaban J connectivity index is 1.33. The van der Waals surface area contributed by atoms with Gasteiger partial charge in [0.25, 0.3) is 0 Å². The minimum atomic E-state index is -0.696. The van der Waals surface area contributed by atoms with Crippen LogP contribution in [0.3, 0.4) is 0 Å². The first-order valence-corrected chi connectivity index (χ1v) is 13.6. The number of rotatable bonds is 15. The van der Waals surface area contributed by atoms with Gasteiger partial charge in [0.05, 0.1) is 5.92 Å². The van der Waals surface area contributed by atoms with Gasteiger partial charge in [0, 0.05) is 0 Å². The third-order valence-corrected chi connectivity index (χ3v) is 7.58. The molecule has 0 fully saturated rings. The van der Waals surface area contributed by atoms with Crippen LogP contribution in [0.4, 0.5) is 0 Å². The Labute approximate surface area is 204 Å². The molecule has 1 atom stereocenters. The highest BCUT2D eigenvalue weighted by molar-refractivity contribution is 6.23. The SMILES string of the molecule is CCCCCCCCCCCCCCC(C(=O)O)c1ccc2ccc3cccc4ccc1c2c34. The smallest absolute Gasteiger partial charge is 0.310 e. The molecule has 2 nitrogen and oxygen atoms in total. The summed E-state index contributed by atoms with van der Waals surface area (Å²) in [7, 11) is 0. The Morgan fingerprint density at radius 3 is 1.74 bits per heavy atom. The van der Waals surface area contributed by atoms with Crippen LogP contribution in [-0.4, -0.2) is 11.1 Å². The molecule has 0 aromatic heterocycles. The number of benzene rings is 4. The highest BCUT2D eigenvalue weighted by atomic mass is 16.4. The summed E-state index contributed by atoms with van der Waals surface area (Å²) >= 11 is 0. The monoisotopic (exact) mass is 456 g/mol. The molecule has 0 amide bonds. The van der Waals surface area contributed by atoms with E-state index >= 15 is 0 Å². The van der Waals surface area contributed by atoms with Crippen LogP contribution in [0, 0.1) is 0 Å². The summed E-state index contributed by atoms with van der Waals surface area (Å²) in [6, 6.07) is 19.2. The van der Waals surface area contributed by atoms with Crippen molar-refractivity contribution in [2.45, 2.75) is 96.3 Å². The van der Waals surface area contributed by atoms with E-state index in [0.717, 1.165) is 30.2 Å². The van der Waals surface area contributed by atoms with Crippen LogP contribution in [0.5, 0.6) is 0 Å². The molecule has 34 heavy (non-hydrogen) atoms. The summed E-state index contributed by atoms with van der Waals surface area (Å²) < 4.78 is 0. The second kappa shape index (κ2) is 12.2. The van der Waals surface area contributed by atoms with Gasteiger partial charge in [-0.3, -0.25) is 4.79 Å². The van der Waals surface area contributed by atoms with Gasteiger partial charge in [0.1, 0.15) is 0 Å². The number of carboxylic acids is 1. The Hall–Kier alpha value is -2.61. The van der Waals surface area contributed by atoms with E-state index in [1.165, 1.54) is 91.1 Å². The van der Waals surface area contributed by atoms with E-state index < -0.39 is 11.9 Å². The molecule has 0 spiro atoms. The van der Waals surface area contributed by atoms with Crippen LogP contribution < -0.4 is 0 Å². The van der Waals surface area contributed by atoms with E-state index in [1.807, 2.05) is 0 Å². The first kappa shape index (κ1) is 24.5. The molecule has 2 heteroatoms. The van der Waals surface area contributed by atoms with E-state index in [9.17, 15) is 9.90 Å². The standard InChI is InChI=1S/C32H40O2/c1-2-3-4-5-6-7-8-9-10-11-12-13-17-29(32(33)34)27-22-20-26-19-18-24-15-14-16-25-21-23-28(27)31(26)30(24)25/h14-16,18-23,29H,2-13,17H2,1H3,(H,33,34). The first-order chi connectivity index (χ1) is 16.7. The van der Waals surface area contributed by atoms with Gasteiger partial charge in [-0.1, -0.05) is 139 Å². The lowest BCUT2D eigenvalue weighted by Gasteiger charge is -2.18. The molecule has 4 rings (SSSR count). The largest absolute Gasteiger partial charge is 0.481 e. The average Bonchev–Trinajstić information content (AvgIpc) is 2.85. The molecule has 0 saturated heterocycles. The molecule has 0 aliphatic carbocycles. The maximum Gasteiger partial charge on any atom is 0.310 e. The quantitative estimate of drug-likeness (QED) is 0.143. The third kappa shape index (κ3) is 5.71. The fourth-order valence-electron chi connectivity index (χ4n) is 5.66. The fourth-order valence-corrected chi connectivity index (χ4v) is 5.66. The van der Waals surface area contributed by atoms with Crippen molar-refractivity contribution in [3.63, 3.8) is 0 Å². The molecular weight excluding hydrogens is 416 g/mol. The summed E-state index contributed by atoms with van der Waals surface area (Å²) in [6.07, 6.45) is 16.3. The van der Waals surface area contributed by atoms with E-state index in [1.54, 1.807) is 0 Å². The topological polar surface area (TPSA) is 37.3 Å². The Kier molecular flexibility index (Phi) is 8.79. The lowest BCUT2D eigenvalue weighted by Crippen LogP contribution is -2.12. The molecule has 0 heterocycles. The highest BCUT2D eigenvalue weighted by Crippen LogP contribution is 2.39. The van der Waals surface area contributed by atoms with Crippen LogP contribution in [0.2, 0.25) is 0 Å². The van der Waals surface area contributed by atoms with Gasteiger partial charge in [-0.05, 0) is 44.3 Å². The van der Waals surface area contributed by atoms with Crippen LogP contribution in [0.15, 0.2) is 54.6 Å². The van der Waals surface area contributed by atoms with Crippen LogP contribution in [0.25, 0.3) is 32.3 Å². The van der Waals surface area contributed by atoms with Crippen molar-refractivity contribution >= 4 is 38.3 Å². The zero-order valence-corrected chi connectivity index (χ0v) is 20.8. The van der Waals surface area contributed by atoms with Crippen molar-refractivity contribution in [3.8, 4) is 0 Å². The van der Waals surface area contributed by atoms with Gasteiger partial charge in [-0.15, -0.1) is 0 Å². The second-order valence-electron chi connectivity index (χ2n) is 10.1. The van der Waals surface area contributed by atoms with Crippen LogP contribution in [0.1, 0.15) is 102 Å². The van der Waals surface area contributed by atoms with Gasteiger partial charge in [0.2, 0.25) is 0 Å². The predicted octanol–water partition coefficient (Wildman–Crippen LogP) is 9.84. The van der Waals surface area contributed by atoms with Crippen LogP contribution in [-0.2, 0) is 4.79 Å². The lowest BCUT2D eigenvalue weighted by atomic mass is 9.85. The normalized spacial score (nSPS) is 12.7. The van der Waals surface area contributed by atoms with Gasteiger partial charge in [-0.2, -0.15) is 0 Å². The zero-order chi connectivity index (χ0) is 23.8. The molecule has 0 aliphatic heterocycles. The maximum absolute atomic E-state index is 12.3. The van der Waals surface area contributed by atoms with E-state index in [0.29, 0.717) is 0 Å². The van der Waals surface area contributed by atoms with Gasteiger partial charge >= 0.3 is 5.97 Å². The van der Waals surface area contributed by atoms with Crippen molar-refractivity contribution in [1.82, 2.24) is 0 Å². The molecule has 4 aromatic carbocycles. The Morgan fingerprint density at radius 2 is 1.15 bits per heavy atom. The average molecular weight is 457 g/mol. The number of hydrogen-bond donors (Lipinski definition) is 1. The molecule has 1 N–H and O–H groups in total. The molecule has 0 aliphatic rings. The van der Waals surface area contributed by atoms with E-state index in [-0.39, 0.29) is 0 Å². The number of aliphatic carboxylic acids is 1. The number of carbonyl (C=O) groups is 1. The zero-order valence-electron chi connectivity index (χ0n) is 20.8. The van der Waals surface area contributed by atoms with Crippen molar-refractivity contribution in [2.24, 2.45) is 0 Å². The highest BCUT2D eigenvalue weighted by Gasteiger charge is 2.23.